The summed E-state index contributed by atoms with van der Waals surface area (Å²) in [5.41, 5.74) is 1.85. The van der Waals surface area contributed by atoms with Gasteiger partial charge in [-0.25, -0.2) is 0 Å². The standard InChI is InChI=1S/C16H24N2O/c1-6-16(4,5)11-17-13(3)18-15-9-7-8-14(10-15)12(2)19/h7-10H,6,11H2,1-5H3,(H,17,18). The molecular formula is C16H24N2O. The van der Waals surface area contributed by atoms with Gasteiger partial charge in [-0.15, -0.1) is 0 Å². The summed E-state index contributed by atoms with van der Waals surface area (Å²) in [6.45, 7) is 10.9. The van der Waals surface area contributed by atoms with E-state index in [4.69, 9.17) is 0 Å². The summed E-state index contributed by atoms with van der Waals surface area (Å²) in [5.74, 6) is 0.951. The molecule has 3 heteroatoms. The van der Waals surface area contributed by atoms with Crippen molar-refractivity contribution in [3.63, 3.8) is 0 Å². The number of hydrogen-bond acceptors (Lipinski definition) is 2. The molecular weight excluding hydrogens is 236 g/mol. The fourth-order valence-corrected chi connectivity index (χ4v) is 1.51. The van der Waals surface area contributed by atoms with Crippen LogP contribution in [0.3, 0.4) is 0 Å². The zero-order valence-corrected chi connectivity index (χ0v) is 12.6. The van der Waals surface area contributed by atoms with Crippen LogP contribution in [0.4, 0.5) is 5.69 Å². The number of carbonyl (C=O) groups excluding carboxylic acids is 1. The molecule has 0 spiro atoms. The third-order valence-electron chi connectivity index (χ3n) is 3.30. The minimum Gasteiger partial charge on any atom is -0.344 e. The van der Waals surface area contributed by atoms with Crippen LogP contribution in [0.15, 0.2) is 29.3 Å². The third-order valence-corrected chi connectivity index (χ3v) is 3.30. The van der Waals surface area contributed by atoms with E-state index in [9.17, 15) is 4.79 Å². The van der Waals surface area contributed by atoms with Gasteiger partial charge in [-0.05, 0) is 37.8 Å². The van der Waals surface area contributed by atoms with Gasteiger partial charge in [-0.1, -0.05) is 32.9 Å². The molecule has 0 unspecified atom stereocenters. The first-order valence-electron chi connectivity index (χ1n) is 6.73. The van der Waals surface area contributed by atoms with Crippen LogP contribution in [0.1, 0.15) is 51.4 Å². The number of nitrogens with one attached hydrogen (secondary N) is 1. The first-order valence-corrected chi connectivity index (χ1v) is 6.73. The van der Waals surface area contributed by atoms with E-state index in [1.54, 1.807) is 6.92 Å². The number of aliphatic imine (C=N–C) groups is 1. The van der Waals surface area contributed by atoms with Crippen molar-refractivity contribution in [3.8, 4) is 0 Å². The highest BCUT2D eigenvalue weighted by Gasteiger charge is 2.13. The van der Waals surface area contributed by atoms with Crippen LogP contribution in [0.25, 0.3) is 0 Å². The second kappa shape index (κ2) is 6.50. The molecule has 0 aromatic heterocycles. The number of nitrogens with zero attached hydrogens (tertiary/aromatic N) is 1. The number of benzene rings is 1. The Labute approximate surface area is 116 Å². The average Bonchev–Trinajstić information content (AvgIpc) is 2.37. The van der Waals surface area contributed by atoms with Gasteiger partial charge in [-0.2, -0.15) is 0 Å². The van der Waals surface area contributed by atoms with Crippen LogP contribution >= 0.6 is 0 Å². The van der Waals surface area contributed by atoms with Crippen molar-refractivity contribution in [1.82, 2.24) is 0 Å². The highest BCUT2D eigenvalue weighted by atomic mass is 16.1. The van der Waals surface area contributed by atoms with E-state index >= 15 is 0 Å². The summed E-state index contributed by atoms with van der Waals surface area (Å²) in [4.78, 5) is 15.9. The van der Waals surface area contributed by atoms with Crippen molar-refractivity contribution in [2.75, 3.05) is 11.9 Å². The first kappa shape index (κ1) is 15.4. The number of amidine groups is 1. The van der Waals surface area contributed by atoms with Gasteiger partial charge >= 0.3 is 0 Å². The molecule has 0 bridgehead atoms. The molecule has 1 rings (SSSR count). The van der Waals surface area contributed by atoms with Crippen LogP contribution < -0.4 is 5.32 Å². The van der Waals surface area contributed by atoms with E-state index in [-0.39, 0.29) is 11.2 Å². The molecule has 0 amide bonds. The smallest absolute Gasteiger partial charge is 0.159 e. The maximum atomic E-state index is 11.3. The molecule has 0 radical (unpaired) electrons. The minimum absolute atomic E-state index is 0.0744. The Morgan fingerprint density at radius 1 is 1.32 bits per heavy atom. The van der Waals surface area contributed by atoms with Gasteiger partial charge in [0.05, 0.1) is 5.84 Å². The molecule has 0 saturated carbocycles. The second-order valence-electron chi connectivity index (χ2n) is 5.68. The van der Waals surface area contributed by atoms with E-state index < -0.39 is 0 Å². The zero-order valence-electron chi connectivity index (χ0n) is 12.6. The fourth-order valence-electron chi connectivity index (χ4n) is 1.51. The molecule has 1 N–H and O–H groups in total. The Bertz CT molecular complexity index is 475. The Balaban J connectivity index is 2.71. The van der Waals surface area contributed by atoms with Gasteiger partial charge < -0.3 is 5.32 Å². The van der Waals surface area contributed by atoms with Crippen molar-refractivity contribution in [2.45, 2.75) is 41.0 Å². The van der Waals surface area contributed by atoms with E-state index in [2.05, 4.69) is 31.1 Å². The molecule has 3 nitrogen and oxygen atoms in total. The van der Waals surface area contributed by atoms with E-state index in [0.717, 1.165) is 24.5 Å². The zero-order chi connectivity index (χ0) is 14.5. The van der Waals surface area contributed by atoms with Gasteiger partial charge in [0.1, 0.15) is 0 Å². The predicted octanol–water partition coefficient (Wildman–Crippen LogP) is 4.16. The van der Waals surface area contributed by atoms with Crippen molar-refractivity contribution >= 4 is 17.3 Å². The largest absolute Gasteiger partial charge is 0.344 e. The molecule has 0 heterocycles. The lowest BCUT2D eigenvalue weighted by Crippen LogP contribution is -2.17. The molecule has 1 aromatic carbocycles. The van der Waals surface area contributed by atoms with Crippen molar-refractivity contribution < 1.29 is 4.79 Å². The van der Waals surface area contributed by atoms with Crippen LogP contribution in [0.5, 0.6) is 0 Å². The summed E-state index contributed by atoms with van der Waals surface area (Å²) >= 11 is 0. The van der Waals surface area contributed by atoms with E-state index in [1.807, 2.05) is 31.2 Å². The molecule has 0 fully saturated rings. The van der Waals surface area contributed by atoms with Crippen LogP contribution in [-0.2, 0) is 0 Å². The Kier molecular flexibility index (Phi) is 5.28. The molecule has 0 saturated heterocycles. The van der Waals surface area contributed by atoms with E-state index in [0.29, 0.717) is 5.56 Å². The number of hydrogen-bond donors (Lipinski definition) is 1. The molecule has 0 aliphatic carbocycles. The van der Waals surface area contributed by atoms with Crippen molar-refractivity contribution in [2.24, 2.45) is 10.4 Å². The predicted molar refractivity (Wildman–Crippen MR) is 82.1 cm³/mol. The summed E-state index contributed by atoms with van der Waals surface area (Å²) in [7, 11) is 0. The van der Waals surface area contributed by atoms with Gasteiger partial charge in [0, 0.05) is 17.8 Å². The Hall–Kier alpha value is -1.64. The fraction of sp³-hybridized carbons (Fsp3) is 0.500. The maximum Gasteiger partial charge on any atom is 0.159 e. The minimum atomic E-state index is 0.0744. The van der Waals surface area contributed by atoms with Gasteiger partial charge in [0.15, 0.2) is 5.78 Å². The number of Topliss-reactive ketones (excluding diaryl/α,β-unsaturated/α-hetero) is 1. The number of rotatable bonds is 5. The SMILES string of the molecule is CCC(C)(C)CN=C(C)Nc1cccc(C(C)=O)c1. The number of anilines is 1. The van der Waals surface area contributed by atoms with Gasteiger partial charge in [0.2, 0.25) is 0 Å². The Morgan fingerprint density at radius 2 is 2.00 bits per heavy atom. The number of carbonyl (C=O) groups is 1. The first-order chi connectivity index (χ1) is 8.84. The van der Waals surface area contributed by atoms with E-state index in [1.165, 1.54) is 0 Å². The number of ketones is 1. The highest BCUT2D eigenvalue weighted by molar-refractivity contribution is 5.97. The molecule has 0 aliphatic rings. The molecule has 0 aliphatic heterocycles. The summed E-state index contributed by atoms with van der Waals surface area (Å²) in [6.07, 6.45) is 1.10. The van der Waals surface area contributed by atoms with Crippen molar-refractivity contribution in [1.29, 1.82) is 0 Å². The van der Waals surface area contributed by atoms with Crippen molar-refractivity contribution in [3.05, 3.63) is 29.8 Å². The molecule has 104 valence electrons. The molecule has 0 atom stereocenters. The van der Waals surface area contributed by atoms with Gasteiger partial charge in [-0.3, -0.25) is 9.79 Å². The van der Waals surface area contributed by atoms with Crippen LogP contribution in [-0.4, -0.2) is 18.2 Å². The maximum absolute atomic E-state index is 11.3. The summed E-state index contributed by atoms with van der Waals surface area (Å²) in [5, 5.41) is 3.23. The van der Waals surface area contributed by atoms with Crippen LogP contribution in [0.2, 0.25) is 0 Å². The van der Waals surface area contributed by atoms with Gasteiger partial charge in [0.25, 0.3) is 0 Å². The van der Waals surface area contributed by atoms with Crippen LogP contribution in [0, 0.1) is 5.41 Å². The lowest BCUT2D eigenvalue weighted by molar-refractivity contribution is 0.101. The topological polar surface area (TPSA) is 41.5 Å². The normalized spacial score (nSPS) is 12.4. The summed E-state index contributed by atoms with van der Waals surface area (Å²) < 4.78 is 0. The summed E-state index contributed by atoms with van der Waals surface area (Å²) in [6, 6.07) is 7.49. The monoisotopic (exact) mass is 260 g/mol. The lowest BCUT2D eigenvalue weighted by atomic mass is 9.91. The highest BCUT2D eigenvalue weighted by Crippen LogP contribution is 2.19. The second-order valence-corrected chi connectivity index (χ2v) is 5.68. The average molecular weight is 260 g/mol. The molecule has 1 aromatic rings. The Morgan fingerprint density at radius 3 is 2.58 bits per heavy atom. The molecule has 19 heavy (non-hydrogen) atoms. The quantitative estimate of drug-likeness (QED) is 0.491. The lowest BCUT2D eigenvalue weighted by Gasteiger charge is -2.20. The third kappa shape index (κ3) is 5.25.